The lowest BCUT2D eigenvalue weighted by Gasteiger charge is -2.19. The van der Waals surface area contributed by atoms with Crippen LogP contribution in [0.25, 0.3) is 0 Å². The van der Waals surface area contributed by atoms with E-state index in [-0.39, 0.29) is 23.2 Å². The normalized spacial score (nSPS) is 11.4. The zero-order valence-electron chi connectivity index (χ0n) is 17.7. The van der Waals surface area contributed by atoms with Crippen LogP contribution in [0, 0.1) is 6.92 Å². The predicted octanol–water partition coefficient (Wildman–Crippen LogP) is 4.74. The Morgan fingerprint density at radius 3 is 2.30 bits per heavy atom. The molecule has 9 heteroatoms. The molecule has 33 heavy (non-hydrogen) atoms. The molecule has 7 nitrogen and oxygen atoms in total. The van der Waals surface area contributed by atoms with E-state index in [4.69, 9.17) is 27.9 Å². The number of carbonyl (C=O) groups excluding carboxylic acids is 3. The fourth-order valence-electron chi connectivity index (χ4n) is 2.95. The van der Waals surface area contributed by atoms with Crippen molar-refractivity contribution in [1.82, 2.24) is 10.3 Å². The highest BCUT2D eigenvalue weighted by Crippen LogP contribution is 2.28. The minimum atomic E-state index is -0.654. The van der Waals surface area contributed by atoms with E-state index in [1.54, 1.807) is 55.5 Å². The molecule has 2 amide bonds. The zero-order valence-corrected chi connectivity index (χ0v) is 19.2. The summed E-state index contributed by atoms with van der Waals surface area (Å²) >= 11 is 12.1. The number of benzene rings is 2. The number of nitrogens with zero attached hydrogens (tertiary/aromatic N) is 1. The van der Waals surface area contributed by atoms with Crippen molar-refractivity contribution in [1.29, 1.82) is 0 Å². The van der Waals surface area contributed by atoms with Gasteiger partial charge in [0.05, 0.1) is 22.5 Å². The highest BCUT2D eigenvalue weighted by atomic mass is 35.5. The Bertz CT molecular complexity index is 1140. The van der Waals surface area contributed by atoms with Gasteiger partial charge in [0.2, 0.25) is 0 Å². The summed E-state index contributed by atoms with van der Waals surface area (Å²) in [4.78, 5) is 41.2. The zero-order chi connectivity index (χ0) is 23.8. The smallest absolute Gasteiger partial charge is 0.308 e. The molecule has 170 valence electrons. The molecule has 1 aromatic heterocycles. The van der Waals surface area contributed by atoms with E-state index in [9.17, 15) is 14.4 Å². The third kappa shape index (κ3) is 6.78. The molecular formula is C24H21Cl2N3O4. The van der Waals surface area contributed by atoms with Gasteiger partial charge in [-0.25, -0.2) is 4.98 Å². The van der Waals surface area contributed by atoms with Crippen LogP contribution in [0.3, 0.4) is 0 Å². The summed E-state index contributed by atoms with van der Waals surface area (Å²) in [6.07, 6.45) is 1.21. The molecule has 2 N–H and O–H groups in total. The van der Waals surface area contributed by atoms with Crippen LogP contribution >= 0.6 is 23.2 Å². The molecule has 2 aromatic carbocycles. The molecule has 0 radical (unpaired) electrons. The standard InChI is InChI=1S/C24H21Cl2N3O4/c1-15-18(25)13-27-23(22(15)26)29-20(30)14-33-21(31)12-19(16-8-4-2-5-9-16)28-24(32)17-10-6-3-7-11-17/h2-11,13,19H,12,14H2,1H3,(H,28,32)(H,27,29,30). The van der Waals surface area contributed by atoms with Crippen molar-refractivity contribution in [3.63, 3.8) is 0 Å². The molecule has 0 fully saturated rings. The molecule has 0 aliphatic carbocycles. The van der Waals surface area contributed by atoms with Crippen molar-refractivity contribution >= 4 is 46.8 Å². The first-order valence-corrected chi connectivity index (χ1v) is 10.8. The number of carbonyl (C=O) groups is 3. The Hall–Kier alpha value is -3.42. The van der Waals surface area contributed by atoms with E-state index in [0.29, 0.717) is 16.1 Å². The van der Waals surface area contributed by atoms with Crippen molar-refractivity contribution in [2.75, 3.05) is 11.9 Å². The van der Waals surface area contributed by atoms with Gasteiger partial charge >= 0.3 is 5.97 Å². The van der Waals surface area contributed by atoms with Crippen LogP contribution in [0.4, 0.5) is 5.82 Å². The number of halogens is 2. The molecule has 1 unspecified atom stereocenters. The van der Waals surface area contributed by atoms with Gasteiger partial charge in [-0.15, -0.1) is 0 Å². The molecule has 0 bridgehead atoms. The SMILES string of the molecule is Cc1c(Cl)cnc(NC(=O)COC(=O)CC(NC(=O)c2ccccc2)c2ccccc2)c1Cl. The predicted molar refractivity (Wildman–Crippen MR) is 126 cm³/mol. The van der Waals surface area contributed by atoms with Crippen molar-refractivity contribution in [3.05, 3.63) is 93.6 Å². The lowest BCUT2D eigenvalue weighted by Crippen LogP contribution is -2.31. The molecule has 1 heterocycles. The van der Waals surface area contributed by atoms with Gasteiger partial charge in [-0.05, 0) is 30.2 Å². The summed E-state index contributed by atoms with van der Waals surface area (Å²) in [5.74, 6) is -1.46. The summed E-state index contributed by atoms with van der Waals surface area (Å²) in [6, 6.07) is 17.1. The monoisotopic (exact) mass is 485 g/mol. The third-order valence-corrected chi connectivity index (χ3v) is 5.58. The molecule has 0 aliphatic heterocycles. The number of amides is 2. The highest BCUT2D eigenvalue weighted by molar-refractivity contribution is 6.37. The van der Waals surface area contributed by atoms with Gasteiger partial charge in [-0.1, -0.05) is 71.7 Å². The second kappa shape index (κ2) is 11.4. The Morgan fingerprint density at radius 1 is 1.00 bits per heavy atom. The van der Waals surface area contributed by atoms with Gasteiger partial charge in [0.1, 0.15) is 0 Å². The Kier molecular flexibility index (Phi) is 8.40. The maximum atomic E-state index is 12.6. The van der Waals surface area contributed by atoms with Crippen LogP contribution in [-0.4, -0.2) is 29.4 Å². The average molecular weight is 486 g/mol. The molecule has 3 aromatic rings. The summed E-state index contributed by atoms with van der Waals surface area (Å²) < 4.78 is 5.11. The number of rotatable bonds is 8. The number of nitrogens with one attached hydrogen (secondary N) is 2. The number of hydrogen-bond donors (Lipinski definition) is 2. The van der Waals surface area contributed by atoms with Crippen LogP contribution in [0.5, 0.6) is 0 Å². The Balaban J connectivity index is 1.61. The summed E-state index contributed by atoms with van der Waals surface area (Å²) in [6.45, 7) is 1.15. The van der Waals surface area contributed by atoms with Crippen molar-refractivity contribution < 1.29 is 19.1 Å². The Labute approximate surface area is 201 Å². The fraction of sp³-hybridized carbons (Fsp3) is 0.167. The van der Waals surface area contributed by atoms with Crippen molar-refractivity contribution in [2.24, 2.45) is 0 Å². The fourth-order valence-corrected chi connectivity index (χ4v) is 3.34. The van der Waals surface area contributed by atoms with E-state index >= 15 is 0 Å². The van der Waals surface area contributed by atoms with Gasteiger partial charge < -0.3 is 15.4 Å². The molecule has 1 atom stereocenters. The third-order valence-electron chi connectivity index (χ3n) is 4.74. The van der Waals surface area contributed by atoms with Crippen LogP contribution in [0.15, 0.2) is 66.9 Å². The first kappa shape index (κ1) is 24.2. The van der Waals surface area contributed by atoms with Gasteiger partial charge in [0, 0.05) is 11.8 Å². The minimum Gasteiger partial charge on any atom is -0.455 e. The lowest BCUT2D eigenvalue weighted by atomic mass is 10.0. The first-order chi connectivity index (χ1) is 15.8. The minimum absolute atomic E-state index is 0.122. The van der Waals surface area contributed by atoms with Gasteiger partial charge in [0.25, 0.3) is 11.8 Å². The van der Waals surface area contributed by atoms with E-state index in [2.05, 4.69) is 15.6 Å². The number of anilines is 1. The van der Waals surface area contributed by atoms with Gasteiger partial charge in [-0.3, -0.25) is 14.4 Å². The first-order valence-electron chi connectivity index (χ1n) is 10.0. The van der Waals surface area contributed by atoms with E-state index < -0.39 is 24.5 Å². The summed E-state index contributed by atoms with van der Waals surface area (Å²) in [7, 11) is 0. The maximum Gasteiger partial charge on any atom is 0.308 e. The van der Waals surface area contributed by atoms with Crippen LogP contribution in [0.2, 0.25) is 10.0 Å². The van der Waals surface area contributed by atoms with E-state index in [0.717, 1.165) is 5.56 Å². The van der Waals surface area contributed by atoms with Crippen LogP contribution in [0.1, 0.15) is 33.9 Å². The van der Waals surface area contributed by atoms with Gasteiger partial charge in [-0.2, -0.15) is 0 Å². The number of ether oxygens (including phenoxy) is 1. The number of esters is 1. The maximum absolute atomic E-state index is 12.6. The average Bonchev–Trinajstić information content (AvgIpc) is 2.83. The largest absolute Gasteiger partial charge is 0.455 e. The summed E-state index contributed by atoms with van der Waals surface area (Å²) in [5, 5.41) is 5.90. The quantitative estimate of drug-likeness (QED) is 0.449. The highest BCUT2D eigenvalue weighted by Gasteiger charge is 2.21. The molecule has 0 saturated carbocycles. The van der Waals surface area contributed by atoms with Crippen molar-refractivity contribution in [3.8, 4) is 0 Å². The van der Waals surface area contributed by atoms with E-state index in [1.165, 1.54) is 6.20 Å². The molecular weight excluding hydrogens is 465 g/mol. The number of pyridine rings is 1. The topological polar surface area (TPSA) is 97.4 Å². The number of aromatic nitrogens is 1. The lowest BCUT2D eigenvalue weighted by molar-refractivity contribution is -0.147. The van der Waals surface area contributed by atoms with Gasteiger partial charge in [0.15, 0.2) is 12.4 Å². The molecule has 0 saturated heterocycles. The summed E-state index contributed by atoms with van der Waals surface area (Å²) in [5.41, 5.74) is 1.77. The second-order valence-electron chi connectivity index (χ2n) is 7.11. The van der Waals surface area contributed by atoms with Crippen LogP contribution in [-0.2, 0) is 14.3 Å². The van der Waals surface area contributed by atoms with Crippen LogP contribution < -0.4 is 10.6 Å². The van der Waals surface area contributed by atoms with E-state index in [1.807, 2.05) is 12.1 Å². The Morgan fingerprint density at radius 2 is 1.64 bits per heavy atom. The molecule has 0 spiro atoms. The number of hydrogen-bond acceptors (Lipinski definition) is 5. The second-order valence-corrected chi connectivity index (χ2v) is 7.89. The van der Waals surface area contributed by atoms with Crippen molar-refractivity contribution in [2.45, 2.75) is 19.4 Å². The molecule has 0 aliphatic rings. The molecule has 3 rings (SSSR count).